The number of nitrogens with zero attached hydrogens (tertiary/aromatic N) is 3. The molecule has 1 aliphatic heterocycles. The summed E-state index contributed by atoms with van der Waals surface area (Å²) in [6.07, 6.45) is 4.16. The quantitative estimate of drug-likeness (QED) is 0.885. The van der Waals surface area contributed by atoms with Crippen LogP contribution in [0.1, 0.15) is 12.8 Å². The molecule has 5 nitrogen and oxygen atoms in total. The van der Waals surface area contributed by atoms with Crippen LogP contribution < -0.4 is 10.6 Å². The van der Waals surface area contributed by atoms with Gasteiger partial charge in [-0.3, -0.25) is 4.98 Å². The molecule has 2 aromatic rings. The van der Waals surface area contributed by atoms with Gasteiger partial charge in [0, 0.05) is 24.2 Å². The third kappa shape index (κ3) is 2.23. The third-order valence-corrected chi connectivity index (χ3v) is 3.45. The van der Waals surface area contributed by atoms with Crippen LogP contribution in [-0.2, 0) is 0 Å². The van der Waals surface area contributed by atoms with Crippen LogP contribution in [0.5, 0.6) is 0 Å². The Morgan fingerprint density at radius 1 is 1.44 bits per heavy atom. The zero-order chi connectivity index (χ0) is 12.4. The van der Waals surface area contributed by atoms with Crippen molar-refractivity contribution in [2.75, 3.05) is 18.4 Å². The SMILES string of the molecule is Clc1nnc(NC[C@@H]2CCCN2)c2ncccc12. The van der Waals surface area contributed by atoms with Crippen molar-refractivity contribution in [3.63, 3.8) is 0 Å². The first-order valence-electron chi connectivity index (χ1n) is 6.09. The molecule has 0 unspecified atom stereocenters. The smallest absolute Gasteiger partial charge is 0.175 e. The van der Waals surface area contributed by atoms with Crippen molar-refractivity contribution < 1.29 is 0 Å². The molecule has 1 atom stereocenters. The fourth-order valence-electron chi connectivity index (χ4n) is 2.23. The van der Waals surface area contributed by atoms with Crippen LogP contribution in [0.25, 0.3) is 10.9 Å². The monoisotopic (exact) mass is 263 g/mol. The molecule has 94 valence electrons. The van der Waals surface area contributed by atoms with Crippen LogP contribution in [0, 0.1) is 0 Å². The van der Waals surface area contributed by atoms with Gasteiger partial charge in [-0.05, 0) is 31.5 Å². The Bertz CT molecular complexity index is 553. The highest BCUT2D eigenvalue weighted by molar-refractivity contribution is 6.34. The molecule has 2 aromatic heterocycles. The van der Waals surface area contributed by atoms with Gasteiger partial charge in [-0.25, -0.2) is 0 Å². The van der Waals surface area contributed by atoms with Gasteiger partial charge < -0.3 is 10.6 Å². The van der Waals surface area contributed by atoms with E-state index in [9.17, 15) is 0 Å². The van der Waals surface area contributed by atoms with Gasteiger partial charge in [0.05, 0.1) is 0 Å². The topological polar surface area (TPSA) is 62.7 Å². The van der Waals surface area contributed by atoms with E-state index < -0.39 is 0 Å². The summed E-state index contributed by atoms with van der Waals surface area (Å²) < 4.78 is 0. The van der Waals surface area contributed by atoms with Gasteiger partial charge in [-0.1, -0.05) is 11.6 Å². The minimum atomic E-state index is 0.391. The highest BCUT2D eigenvalue weighted by Gasteiger charge is 2.15. The van der Waals surface area contributed by atoms with Gasteiger partial charge in [-0.15, -0.1) is 10.2 Å². The number of halogens is 1. The van der Waals surface area contributed by atoms with Crippen molar-refractivity contribution in [2.24, 2.45) is 0 Å². The summed E-state index contributed by atoms with van der Waals surface area (Å²) in [5.74, 6) is 0.698. The second-order valence-corrected chi connectivity index (χ2v) is 4.77. The summed E-state index contributed by atoms with van der Waals surface area (Å²) in [7, 11) is 0. The largest absolute Gasteiger partial charge is 0.365 e. The van der Waals surface area contributed by atoms with E-state index in [1.54, 1.807) is 6.20 Å². The molecule has 0 spiro atoms. The molecule has 3 rings (SSSR count). The molecule has 2 N–H and O–H groups in total. The number of hydrogen-bond donors (Lipinski definition) is 2. The highest BCUT2D eigenvalue weighted by Crippen LogP contribution is 2.23. The van der Waals surface area contributed by atoms with E-state index in [0.29, 0.717) is 17.0 Å². The maximum absolute atomic E-state index is 6.00. The molecule has 18 heavy (non-hydrogen) atoms. The number of fused-ring (bicyclic) bond motifs is 1. The van der Waals surface area contributed by atoms with Gasteiger partial charge in [-0.2, -0.15) is 0 Å². The first-order chi connectivity index (χ1) is 8.84. The average molecular weight is 264 g/mol. The molecule has 1 fully saturated rings. The van der Waals surface area contributed by atoms with Gasteiger partial charge in [0.15, 0.2) is 11.0 Å². The molecule has 0 radical (unpaired) electrons. The predicted molar refractivity (Wildman–Crippen MR) is 71.9 cm³/mol. The van der Waals surface area contributed by atoms with E-state index in [1.165, 1.54) is 12.8 Å². The minimum Gasteiger partial charge on any atom is -0.365 e. The summed E-state index contributed by atoms with van der Waals surface area (Å²) >= 11 is 6.00. The Hall–Kier alpha value is -1.46. The first kappa shape index (κ1) is 11.6. The molecule has 0 aliphatic carbocycles. The van der Waals surface area contributed by atoms with Crippen LogP contribution in [0.2, 0.25) is 5.15 Å². The zero-order valence-corrected chi connectivity index (χ0v) is 10.6. The second-order valence-electron chi connectivity index (χ2n) is 4.41. The maximum Gasteiger partial charge on any atom is 0.175 e. The molecule has 1 saturated heterocycles. The maximum atomic E-state index is 6.00. The van der Waals surface area contributed by atoms with E-state index in [4.69, 9.17) is 11.6 Å². The molecule has 1 aliphatic rings. The molecule has 0 saturated carbocycles. The van der Waals surface area contributed by atoms with E-state index in [1.807, 2.05) is 12.1 Å². The summed E-state index contributed by atoms with van der Waals surface area (Å²) in [6, 6.07) is 4.25. The zero-order valence-electron chi connectivity index (χ0n) is 9.86. The standard InChI is InChI=1S/C12H14ClN5/c13-11-9-4-2-6-15-10(9)12(18-17-11)16-7-8-3-1-5-14-8/h2,4,6,8,14H,1,3,5,7H2,(H,16,18)/t8-/m0/s1. The molecule has 0 bridgehead atoms. The molecule has 0 aromatic carbocycles. The van der Waals surface area contributed by atoms with E-state index in [-0.39, 0.29) is 0 Å². The van der Waals surface area contributed by atoms with Crippen molar-refractivity contribution in [1.29, 1.82) is 0 Å². The van der Waals surface area contributed by atoms with Crippen LogP contribution >= 0.6 is 11.6 Å². The van der Waals surface area contributed by atoms with Crippen molar-refractivity contribution >= 4 is 28.3 Å². The second kappa shape index (κ2) is 5.04. The Morgan fingerprint density at radius 2 is 2.39 bits per heavy atom. The van der Waals surface area contributed by atoms with Crippen LogP contribution in [-0.4, -0.2) is 34.3 Å². The third-order valence-electron chi connectivity index (χ3n) is 3.17. The lowest BCUT2D eigenvalue weighted by molar-refractivity contribution is 0.632. The average Bonchev–Trinajstić information content (AvgIpc) is 2.92. The van der Waals surface area contributed by atoms with Crippen LogP contribution in [0.15, 0.2) is 18.3 Å². The van der Waals surface area contributed by atoms with E-state index >= 15 is 0 Å². The van der Waals surface area contributed by atoms with Crippen LogP contribution in [0.4, 0.5) is 5.82 Å². The number of hydrogen-bond acceptors (Lipinski definition) is 5. The minimum absolute atomic E-state index is 0.391. The van der Waals surface area contributed by atoms with E-state index in [2.05, 4.69) is 25.8 Å². The fourth-order valence-corrected chi connectivity index (χ4v) is 2.42. The first-order valence-corrected chi connectivity index (χ1v) is 6.46. The summed E-state index contributed by atoms with van der Waals surface area (Å²) in [6.45, 7) is 1.93. The van der Waals surface area contributed by atoms with Gasteiger partial charge in [0.1, 0.15) is 5.52 Å². The number of aromatic nitrogens is 3. The van der Waals surface area contributed by atoms with Gasteiger partial charge in [0.2, 0.25) is 0 Å². The molecular formula is C12H14ClN5. The highest BCUT2D eigenvalue weighted by atomic mass is 35.5. The van der Waals surface area contributed by atoms with Crippen molar-refractivity contribution in [3.8, 4) is 0 Å². The summed E-state index contributed by atoms with van der Waals surface area (Å²) in [5, 5.41) is 16.0. The Balaban J connectivity index is 1.85. The van der Waals surface area contributed by atoms with Crippen LogP contribution in [0.3, 0.4) is 0 Å². The predicted octanol–water partition coefficient (Wildman–Crippen LogP) is 1.84. The molecule has 3 heterocycles. The number of pyridine rings is 1. The van der Waals surface area contributed by atoms with Gasteiger partial charge in [0.25, 0.3) is 0 Å². The lowest BCUT2D eigenvalue weighted by Gasteiger charge is -2.12. The Morgan fingerprint density at radius 3 is 3.22 bits per heavy atom. The van der Waals surface area contributed by atoms with Crippen molar-refractivity contribution in [1.82, 2.24) is 20.5 Å². The lowest BCUT2D eigenvalue weighted by Crippen LogP contribution is -2.29. The number of anilines is 1. The van der Waals surface area contributed by atoms with Crippen molar-refractivity contribution in [3.05, 3.63) is 23.5 Å². The Labute approximate surface area is 110 Å². The van der Waals surface area contributed by atoms with Gasteiger partial charge >= 0.3 is 0 Å². The van der Waals surface area contributed by atoms with Crippen molar-refractivity contribution in [2.45, 2.75) is 18.9 Å². The molecule has 6 heteroatoms. The normalized spacial score (nSPS) is 19.3. The fraction of sp³-hybridized carbons (Fsp3) is 0.417. The lowest BCUT2D eigenvalue weighted by atomic mass is 10.2. The summed E-state index contributed by atoms with van der Waals surface area (Å²) in [4.78, 5) is 4.32. The number of rotatable bonds is 3. The van der Waals surface area contributed by atoms with E-state index in [0.717, 1.165) is 24.0 Å². The molecular weight excluding hydrogens is 250 g/mol. The summed E-state index contributed by atoms with van der Waals surface area (Å²) in [5.41, 5.74) is 0.774. The molecule has 0 amide bonds. The number of nitrogens with one attached hydrogen (secondary N) is 2. The Kier molecular flexibility index (Phi) is 3.25.